The van der Waals surface area contributed by atoms with E-state index in [1.54, 1.807) is 25.3 Å². The molecule has 4 rings (SSSR count). The number of ether oxygens (including phenoxy) is 3. The van der Waals surface area contributed by atoms with Crippen LogP contribution in [0.1, 0.15) is 42.0 Å². The molecule has 0 spiro atoms. The summed E-state index contributed by atoms with van der Waals surface area (Å²) in [6.45, 7) is 4.61. The number of aliphatic imine (C=N–C) groups is 1. The van der Waals surface area contributed by atoms with Crippen LogP contribution in [0.15, 0.2) is 77.4 Å². The Balaban J connectivity index is 1.52. The number of hydrogen-bond donors (Lipinski definition) is 0. The highest BCUT2D eigenvalue weighted by Gasteiger charge is 2.24. The van der Waals surface area contributed by atoms with Gasteiger partial charge in [-0.25, -0.2) is 9.79 Å². The summed E-state index contributed by atoms with van der Waals surface area (Å²) >= 11 is 6.03. The molecule has 5 nitrogen and oxygen atoms in total. The van der Waals surface area contributed by atoms with Crippen LogP contribution in [0.4, 0.5) is 0 Å². The van der Waals surface area contributed by atoms with Crippen molar-refractivity contribution < 1.29 is 19.0 Å². The zero-order chi connectivity index (χ0) is 23.4. The second kappa shape index (κ2) is 9.92. The van der Waals surface area contributed by atoms with Gasteiger partial charge < -0.3 is 14.2 Å². The van der Waals surface area contributed by atoms with Crippen LogP contribution in [0.3, 0.4) is 0 Å². The zero-order valence-electron chi connectivity index (χ0n) is 18.7. The Morgan fingerprint density at radius 1 is 1.03 bits per heavy atom. The minimum absolute atomic E-state index is 0.229. The van der Waals surface area contributed by atoms with E-state index in [0.717, 1.165) is 16.7 Å². The molecule has 0 saturated heterocycles. The highest BCUT2D eigenvalue weighted by Crippen LogP contribution is 2.31. The maximum Gasteiger partial charge on any atom is 0.363 e. The number of rotatable bonds is 7. The first-order valence-corrected chi connectivity index (χ1v) is 11.0. The molecule has 0 aromatic heterocycles. The molecule has 0 bridgehead atoms. The molecule has 0 unspecified atom stereocenters. The van der Waals surface area contributed by atoms with Crippen molar-refractivity contribution >= 4 is 29.5 Å². The van der Waals surface area contributed by atoms with Crippen molar-refractivity contribution in [3.63, 3.8) is 0 Å². The van der Waals surface area contributed by atoms with E-state index in [4.69, 9.17) is 25.8 Å². The largest absolute Gasteiger partial charge is 0.493 e. The van der Waals surface area contributed by atoms with Gasteiger partial charge in [0.1, 0.15) is 6.61 Å². The summed E-state index contributed by atoms with van der Waals surface area (Å²) in [5.41, 5.74) is 3.90. The summed E-state index contributed by atoms with van der Waals surface area (Å²) in [5, 5.41) is 0.657. The topological polar surface area (TPSA) is 57.1 Å². The average molecular weight is 462 g/mol. The Hall–Kier alpha value is -3.57. The molecular formula is C27H24ClNO4. The summed E-state index contributed by atoms with van der Waals surface area (Å²) in [5.74, 6) is 1.37. The normalized spacial score (nSPS) is 14.4. The molecule has 1 heterocycles. The number of hydrogen-bond acceptors (Lipinski definition) is 5. The van der Waals surface area contributed by atoms with Gasteiger partial charge in [0.2, 0.25) is 5.90 Å². The van der Waals surface area contributed by atoms with E-state index in [9.17, 15) is 4.79 Å². The SMILES string of the molecule is COc1cc(/C=C2\N=C(c3ccc(C(C)C)cc3)OC2=O)ccc1OCc1cccc(Cl)c1. The Labute approximate surface area is 198 Å². The molecule has 0 aliphatic carbocycles. The van der Waals surface area contributed by atoms with Crippen molar-refractivity contribution in [1.29, 1.82) is 0 Å². The molecule has 0 fully saturated rings. The standard InChI is InChI=1S/C27H24ClNO4/c1-17(2)20-8-10-21(11-9-20)26-29-23(27(30)33-26)14-18-7-12-24(25(15-18)31-3)32-16-19-5-4-6-22(28)13-19/h4-15,17H,16H2,1-3H3/b23-14-. The molecule has 1 aliphatic heterocycles. The van der Waals surface area contributed by atoms with Crippen LogP contribution >= 0.6 is 11.6 Å². The first kappa shape index (κ1) is 22.6. The lowest BCUT2D eigenvalue weighted by Gasteiger charge is -2.11. The Kier molecular flexibility index (Phi) is 6.80. The van der Waals surface area contributed by atoms with Gasteiger partial charge >= 0.3 is 5.97 Å². The van der Waals surface area contributed by atoms with Crippen LogP contribution in [-0.2, 0) is 16.1 Å². The minimum atomic E-state index is -0.488. The Morgan fingerprint density at radius 3 is 2.52 bits per heavy atom. The number of halogens is 1. The molecular weight excluding hydrogens is 438 g/mol. The maximum atomic E-state index is 12.4. The van der Waals surface area contributed by atoms with Crippen molar-refractivity contribution in [2.24, 2.45) is 4.99 Å². The molecule has 3 aromatic carbocycles. The minimum Gasteiger partial charge on any atom is -0.493 e. The highest BCUT2D eigenvalue weighted by molar-refractivity contribution is 6.30. The van der Waals surface area contributed by atoms with Gasteiger partial charge in [0.05, 0.1) is 7.11 Å². The van der Waals surface area contributed by atoms with Crippen molar-refractivity contribution in [1.82, 2.24) is 0 Å². The second-order valence-corrected chi connectivity index (χ2v) is 8.38. The molecule has 0 N–H and O–H groups in total. The molecule has 33 heavy (non-hydrogen) atoms. The van der Waals surface area contributed by atoms with Gasteiger partial charge in [-0.15, -0.1) is 0 Å². The quantitative estimate of drug-likeness (QED) is 0.302. The number of cyclic esters (lactones) is 1. The number of carbonyl (C=O) groups excluding carboxylic acids is 1. The van der Waals surface area contributed by atoms with Gasteiger partial charge in [0, 0.05) is 10.6 Å². The monoisotopic (exact) mass is 461 g/mol. The summed E-state index contributed by atoms with van der Waals surface area (Å²) in [6.07, 6.45) is 1.67. The van der Waals surface area contributed by atoms with Crippen LogP contribution in [-0.4, -0.2) is 19.0 Å². The maximum absolute atomic E-state index is 12.4. The lowest BCUT2D eigenvalue weighted by atomic mass is 10.0. The summed E-state index contributed by atoms with van der Waals surface area (Å²) in [6, 6.07) is 20.8. The third-order valence-corrected chi connectivity index (χ3v) is 5.45. The van der Waals surface area contributed by atoms with Crippen LogP contribution in [0.2, 0.25) is 5.02 Å². The van der Waals surface area contributed by atoms with Crippen molar-refractivity contribution in [2.75, 3.05) is 7.11 Å². The number of esters is 1. The fourth-order valence-electron chi connectivity index (χ4n) is 3.38. The van der Waals surface area contributed by atoms with E-state index in [0.29, 0.717) is 34.9 Å². The molecule has 0 atom stereocenters. The van der Waals surface area contributed by atoms with Crippen LogP contribution in [0.5, 0.6) is 11.5 Å². The second-order valence-electron chi connectivity index (χ2n) is 7.94. The lowest BCUT2D eigenvalue weighted by molar-refractivity contribution is -0.129. The van der Waals surface area contributed by atoms with E-state index < -0.39 is 5.97 Å². The first-order valence-electron chi connectivity index (χ1n) is 10.6. The van der Waals surface area contributed by atoms with E-state index in [2.05, 4.69) is 18.8 Å². The number of nitrogens with zero attached hydrogens (tertiary/aromatic N) is 1. The predicted molar refractivity (Wildman–Crippen MR) is 130 cm³/mol. The molecule has 0 amide bonds. The summed E-state index contributed by atoms with van der Waals surface area (Å²) < 4.78 is 16.8. The molecule has 3 aromatic rings. The average Bonchev–Trinajstić information content (AvgIpc) is 3.18. The van der Waals surface area contributed by atoms with Gasteiger partial charge in [0.25, 0.3) is 0 Å². The lowest BCUT2D eigenvalue weighted by Crippen LogP contribution is -2.05. The van der Waals surface area contributed by atoms with E-state index in [1.165, 1.54) is 5.56 Å². The van der Waals surface area contributed by atoms with E-state index in [-0.39, 0.29) is 5.70 Å². The van der Waals surface area contributed by atoms with Crippen molar-refractivity contribution in [3.05, 3.63) is 99.7 Å². The first-order chi connectivity index (χ1) is 15.9. The van der Waals surface area contributed by atoms with Crippen LogP contribution < -0.4 is 9.47 Å². The molecule has 1 aliphatic rings. The van der Waals surface area contributed by atoms with Gasteiger partial charge in [-0.2, -0.15) is 0 Å². The Bertz CT molecular complexity index is 1230. The van der Waals surface area contributed by atoms with Gasteiger partial charge in [-0.3, -0.25) is 0 Å². The van der Waals surface area contributed by atoms with Crippen LogP contribution in [0, 0.1) is 0 Å². The molecule has 0 saturated carbocycles. The van der Waals surface area contributed by atoms with Crippen molar-refractivity contribution in [2.45, 2.75) is 26.4 Å². The number of carbonyl (C=O) groups is 1. The van der Waals surface area contributed by atoms with Crippen molar-refractivity contribution in [3.8, 4) is 11.5 Å². The fourth-order valence-corrected chi connectivity index (χ4v) is 3.60. The van der Waals surface area contributed by atoms with Crippen LogP contribution in [0.25, 0.3) is 6.08 Å². The summed E-state index contributed by atoms with van der Waals surface area (Å²) in [7, 11) is 1.57. The predicted octanol–water partition coefficient (Wildman–Crippen LogP) is 6.40. The fraction of sp³-hybridized carbons (Fsp3) is 0.185. The zero-order valence-corrected chi connectivity index (χ0v) is 19.4. The number of methoxy groups -OCH3 is 1. The smallest absolute Gasteiger partial charge is 0.363 e. The molecule has 168 valence electrons. The third kappa shape index (κ3) is 5.44. The highest BCUT2D eigenvalue weighted by atomic mass is 35.5. The van der Waals surface area contributed by atoms with E-state index in [1.807, 2.05) is 54.6 Å². The third-order valence-electron chi connectivity index (χ3n) is 5.22. The molecule has 6 heteroatoms. The van der Waals surface area contributed by atoms with E-state index >= 15 is 0 Å². The summed E-state index contributed by atoms with van der Waals surface area (Å²) in [4.78, 5) is 16.8. The number of benzene rings is 3. The van der Waals surface area contributed by atoms with Gasteiger partial charge in [-0.1, -0.05) is 55.8 Å². The molecule has 0 radical (unpaired) electrons. The van der Waals surface area contributed by atoms with Gasteiger partial charge in [0.15, 0.2) is 17.2 Å². The van der Waals surface area contributed by atoms with Gasteiger partial charge in [-0.05, 0) is 65.1 Å². The Morgan fingerprint density at radius 2 is 1.82 bits per heavy atom.